The Morgan fingerprint density at radius 3 is 2.21 bits per heavy atom. The highest BCUT2D eigenvalue weighted by molar-refractivity contribution is 6.00. The highest BCUT2D eigenvalue weighted by Gasteiger charge is 2.33. The maximum Gasteiger partial charge on any atom is 0.163 e. The van der Waals surface area contributed by atoms with Gasteiger partial charge < -0.3 is 0 Å². The minimum Gasteiger partial charge on any atom is -0.300 e. The van der Waals surface area contributed by atoms with E-state index in [9.17, 15) is 14.4 Å². The van der Waals surface area contributed by atoms with Gasteiger partial charge in [-0.1, -0.05) is 72.9 Å². The van der Waals surface area contributed by atoms with Gasteiger partial charge in [0.05, 0.1) is 6.42 Å². The Morgan fingerprint density at radius 2 is 1.70 bits per heavy atom. The Morgan fingerprint density at radius 1 is 1.06 bits per heavy atom. The molecule has 1 aromatic rings. The number of hydrogen-bond acceptors (Lipinski definition) is 3. The van der Waals surface area contributed by atoms with E-state index in [4.69, 9.17) is 0 Å². The van der Waals surface area contributed by atoms with Crippen LogP contribution in [0.1, 0.15) is 120 Å². The first-order valence-electron chi connectivity index (χ1n) is 13.3. The first-order chi connectivity index (χ1) is 15.6. The van der Waals surface area contributed by atoms with Gasteiger partial charge in [-0.15, -0.1) is 0 Å². The van der Waals surface area contributed by atoms with Crippen LogP contribution < -0.4 is 0 Å². The molecule has 0 saturated heterocycles. The Kier molecular flexibility index (Phi) is 12.8. The standard InChI is InChI=1S/C27H40O3.C3H8/c1-7-9-21(23(8-2)25(29)13-19(6)28)14-20-15-24-22(12-17(3)4)11-10-18(5)27(24)26(30)16-20;1-3-2/h10-11,17,20-21,23H,7-9,12-16H2,1-6H3;3H2,1-2H3. The zero-order valence-corrected chi connectivity index (χ0v) is 22.6. The number of benzene rings is 1. The van der Waals surface area contributed by atoms with E-state index < -0.39 is 0 Å². The lowest BCUT2D eigenvalue weighted by Gasteiger charge is -2.32. The fourth-order valence-corrected chi connectivity index (χ4v) is 5.43. The Hall–Kier alpha value is -1.77. The number of ketones is 3. The molecule has 0 spiro atoms. The van der Waals surface area contributed by atoms with Gasteiger partial charge in [-0.25, -0.2) is 0 Å². The van der Waals surface area contributed by atoms with Gasteiger partial charge in [0.1, 0.15) is 11.6 Å². The van der Waals surface area contributed by atoms with Crippen molar-refractivity contribution in [1.29, 1.82) is 0 Å². The molecule has 1 aliphatic carbocycles. The summed E-state index contributed by atoms with van der Waals surface area (Å²) in [7, 11) is 0. The zero-order chi connectivity index (χ0) is 25.1. The lowest BCUT2D eigenvalue weighted by molar-refractivity contribution is -0.129. The first kappa shape index (κ1) is 29.3. The minimum absolute atomic E-state index is 0.0445. The summed E-state index contributed by atoms with van der Waals surface area (Å²) in [6, 6.07) is 4.31. The van der Waals surface area contributed by atoms with Crippen molar-refractivity contribution >= 4 is 17.3 Å². The van der Waals surface area contributed by atoms with E-state index in [1.54, 1.807) is 0 Å². The molecule has 0 N–H and O–H groups in total. The maximum absolute atomic E-state index is 13.1. The molecule has 186 valence electrons. The third-order valence-corrected chi connectivity index (χ3v) is 6.63. The average molecular weight is 457 g/mol. The van der Waals surface area contributed by atoms with Crippen LogP contribution in [0.15, 0.2) is 12.1 Å². The van der Waals surface area contributed by atoms with Crippen LogP contribution in [0.3, 0.4) is 0 Å². The molecule has 0 bridgehead atoms. The molecule has 33 heavy (non-hydrogen) atoms. The van der Waals surface area contributed by atoms with Gasteiger partial charge in [-0.05, 0) is 74.0 Å². The van der Waals surface area contributed by atoms with Gasteiger partial charge in [0, 0.05) is 17.9 Å². The fraction of sp³-hybridized carbons (Fsp3) is 0.700. The second-order valence-corrected chi connectivity index (χ2v) is 10.5. The van der Waals surface area contributed by atoms with Crippen molar-refractivity contribution in [3.05, 3.63) is 34.4 Å². The smallest absolute Gasteiger partial charge is 0.163 e. The maximum atomic E-state index is 13.1. The minimum atomic E-state index is -0.0713. The summed E-state index contributed by atoms with van der Waals surface area (Å²) in [5.74, 6) is 1.32. The number of hydrogen-bond donors (Lipinski definition) is 0. The number of rotatable bonds is 11. The molecule has 0 radical (unpaired) electrons. The molecule has 1 aromatic carbocycles. The quantitative estimate of drug-likeness (QED) is 0.320. The average Bonchev–Trinajstić information content (AvgIpc) is 2.70. The van der Waals surface area contributed by atoms with Crippen LogP contribution in [-0.4, -0.2) is 17.3 Å². The summed E-state index contributed by atoms with van der Waals surface area (Å²) < 4.78 is 0. The summed E-state index contributed by atoms with van der Waals surface area (Å²) in [5.41, 5.74) is 4.61. The fourth-order valence-electron chi connectivity index (χ4n) is 5.43. The molecule has 3 unspecified atom stereocenters. The van der Waals surface area contributed by atoms with Crippen LogP contribution >= 0.6 is 0 Å². The van der Waals surface area contributed by atoms with E-state index >= 15 is 0 Å². The van der Waals surface area contributed by atoms with E-state index in [1.165, 1.54) is 24.5 Å². The van der Waals surface area contributed by atoms with Crippen LogP contribution in [0.2, 0.25) is 0 Å². The molecule has 0 amide bonds. The van der Waals surface area contributed by atoms with Gasteiger partial charge in [-0.3, -0.25) is 14.4 Å². The van der Waals surface area contributed by atoms with Crippen LogP contribution in [0.5, 0.6) is 0 Å². The van der Waals surface area contributed by atoms with Gasteiger partial charge in [0.25, 0.3) is 0 Å². The predicted octanol–water partition coefficient (Wildman–Crippen LogP) is 7.74. The SMILES string of the molecule is CCC.CCCC(CC1CC(=O)c2c(C)ccc(CC(C)C)c2C1)C(CC)C(=O)CC(C)=O. The lowest BCUT2D eigenvalue weighted by Crippen LogP contribution is -2.30. The summed E-state index contributed by atoms with van der Waals surface area (Å²) in [6.45, 7) is 16.4. The van der Waals surface area contributed by atoms with Crippen molar-refractivity contribution in [3.63, 3.8) is 0 Å². The molecule has 0 aromatic heterocycles. The zero-order valence-electron chi connectivity index (χ0n) is 22.6. The van der Waals surface area contributed by atoms with Gasteiger partial charge >= 0.3 is 0 Å². The van der Waals surface area contributed by atoms with Crippen LogP contribution in [0, 0.1) is 30.6 Å². The van der Waals surface area contributed by atoms with Crippen molar-refractivity contribution in [2.24, 2.45) is 23.7 Å². The first-order valence-corrected chi connectivity index (χ1v) is 13.3. The molecule has 0 aliphatic heterocycles. The molecular weight excluding hydrogens is 408 g/mol. The number of carbonyl (C=O) groups excluding carboxylic acids is 3. The second-order valence-electron chi connectivity index (χ2n) is 10.5. The molecule has 0 saturated carbocycles. The van der Waals surface area contributed by atoms with Crippen LogP contribution in [0.25, 0.3) is 0 Å². The third-order valence-electron chi connectivity index (χ3n) is 6.63. The number of carbonyl (C=O) groups is 3. The molecule has 3 atom stereocenters. The molecule has 2 rings (SSSR count). The van der Waals surface area contributed by atoms with Gasteiger partial charge in [0.15, 0.2) is 5.78 Å². The van der Waals surface area contributed by atoms with Gasteiger partial charge in [0.2, 0.25) is 0 Å². The van der Waals surface area contributed by atoms with E-state index in [0.29, 0.717) is 12.3 Å². The predicted molar refractivity (Wildman–Crippen MR) is 139 cm³/mol. The van der Waals surface area contributed by atoms with Gasteiger partial charge in [-0.2, -0.15) is 0 Å². The highest BCUT2D eigenvalue weighted by atomic mass is 16.1. The van der Waals surface area contributed by atoms with Crippen molar-refractivity contribution in [2.45, 2.75) is 113 Å². The summed E-state index contributed by atoms with van der Waals surface area (Å²) in [5, 5.41) is 0. The number of aryl methyl sites for hydroxylation is 1. The van der Waals surface area contributed by atoms with Crippen molar-refractivity contribution in [2.75, 3.05) is 0 Å². The topological polar surface area (TPSA) is 51.2 Å². The van der Waals surface area contributed by atoms with E-state index in [1.807, 2.05) is 6.92 Å². The molecule has 3 heteroatoms. The lowest BCUT2D eigenvalue weighted by atomic mass is 9.71. The molecule has 0 fully saturated rings. The summed E-state index contributed by atoms with van der Waals surface area (Å²) in [6.07, 6.45) is 7.47. The van der Waals surface area contributed by atoms with E-state index in [0.717, 1.165) is 49.7 Å². The van der Waals surface area contributed by atoms with Crippen LogP contribution in [-0.2, 0) is 22.4 Å². The Balaban J connectivity index is 0.00000172. The molecule has 1 aliphatic rings. The molecule has 3 nitrogen and oxygen atoms in total. The Labute approximate surface area is 203 Å². The van der Waals surface area contributed by atoms with Crippen molar-refractivity contribution < 1.29 is 14.4 Å². The Bertz CT molecular complexity index is 790. The van der Waals surface area contributed by atoms with E-state index in [-0.39, 0.29) is 41.5 Å². The highest BCUT2D eigenvalue weighted by Crippen LogP contribution is 2.38. The van der Waals surface area contributed by atoms with Crippen molar-refractivity contribution in [1.82, 2.24) is 0 Å². The summed E-state index contributed by atoms with van der Waals surface area (Å²) in [4.78, 5) is 37.4. The molecular formula is C30H48O3. The monoisotopic (exact) mass is 456 g/mol. The third kappa shape index (κ3) is 8.83. The normalized spacial score (nSPS) is 17.1. The van der Waals surface area contributed by atoms with Crippen LogP contribution in [0.4, 0.5) is 0 Å². The summed E-state index contributed by atoms with van der Waals surface area (Å²) >= 11 is 0. The second kappa shape index (κ2) is 14.5. The van der Waals surface area contributed by atoms with Crippen molar-refractivity contribution in [3.8, 4) is 0 Å². The number of fused-ring (bicyclic) bond motifs is 1. The van der Waals surface area contributed by atoms with E-state index in [2.05, 4.69) is 53.7 Å². The largest absolute Gasteiger partial charge is 0.300 e. The molecule has 0 heterocycles. The number of Topliss-reactive ketones (excluding diaryl/α,β-unsaturated/α-hetero) is 3.